The van der Waals surface area contributed by atoms with Gasteiger partial charge in [0.15, 0.2) is 0 Å². The number of piperidine rings is 1. The second-order valence-electron chi connectivity index (χ2n) is 6.68. The molecule has 3 atom stereocenters. The third-order valence-electron chi connectivity index (χ3n) is 5.26. The second kappa shape index (κ2) is 5.95. The molecule has 5 nitrogen and oxygen atoms in total. The van der Waals surface area contributed by atoms with Crippen LogP contribution in [0.1, 0.15) is 46.0 Å². The smallest absolute Gasteiger partial charge is 0.246 e. The number of nitrogens with zero attached hydrogens (tertiary/aromatic N) is 2. The molecule has 0 aromatic heterocycles. The zero-order valence-electron chi connectivity index (χ0n) is 13.2. The van der Waals surface area contributed by atoms with Crippen LogP contribution < -0.4 is 5.32 Å². The Balaban J connectivity index is 1.80. The van der Waals surface area contributed by atoms with Gasteiger partial charge in [-0.15, -0.1) is 0 Å². The average Bonchev–Trinajstić information content (AvgIpc) is 3.33. The predicted octanol–water partition coefficient (Wildman–Crippen LogP) is 0.986. The number of carbonyl (C=O) groups is 2. The van der Waals surface area contributed by atoms with Crippen molar-refractivity contribution in [2.24, 2.45) is 5.92 Å². The summed E-state index contributed by atoms with van der Waals surface area (Å²) >= 11 is 0. The summed E-state index contributed by atoms with van der Waals surface area (Å²) < 4.78 is 0. The number of hydrogen-bond donors (Lipinski definition) is 1. The summed E-state index contributed by atoms with van der Waals surface area (Å²) in [6.45, 7) is 7.22. The van der Waals surface area contributed by atoms with Crippen molar-refractivity contribution in [3.63, 3.8) is 0 Å². The van der Waals surface area contributed by atoms with Crippen LogP contribution in [-0.4, -0.2) is 59.4 Å². The molecule has 0 aromatic carbocycles. The quantitative estimate of drug-likeness (QED) is 0.841. The summed E-state index contributed by atoms with van der Waals surface area (Å²) in [5.41, 5.74) is 0. The number of nitrogens with one attached hydrogen (secondary N) is 1. The number of hydrogen-bond acceptors (Lipinski definition) is 3. The number of carbonyl (C=O) groups excluding carboxylic acids is 2. The normalized spacial score (nSPS) is 35.0. The summed E-state index contributed by atoms with van der Waals surface area (Å²) in [6.07, 6.45) is 5.01. The van der Waals surface area contributed by atoms with E-state index < -0.39 is 0 Å². The lowest BCUT2D eigenvalue weighted by Gasteiger charge is -2.46. The van der Waals surface area contributed by atoms with Gasteiger partial charge in [0.05, 0.1) is 0 Å². The van der Waals surface area contributed by atoms with E-state index in [0.717, 1.165) is 45.3 Å². The first-order chi connectivity index (χ1) is 10.2. The van der Waals surface area contributed by atoms with Gasteiger partial charge in [0, 0.05) is 12.6 Å². The van der Waals surface area contributed by atoms with Crippen LogP contribution in [0.3, 0.4) is 0 Å². The van der Waals surface area contributed by atoms with Gasteiger partial charge < -0.3 is 15.1 Å². The Bertz CT molecular complexity index is 422. The summed E-state index contributed by atoms with van der Waals surface area (Å²) in [5.74, 6) is 0.613. The van der Waals surface area contributed by atoms with Crippen molar-refractivity contribution in [2.75, 3.05) is 19.6 Å². The zero-order chi connectivity index (χ0) is 15.0. The molecule has 0 radical (unpaired) electrons. The van der Waals surface area contributed by atoms with Gasteiger partial charge in [-0.2, -0.15) is 0 Å². The molecule has 0 aromatic rings. The molecule has 3 rings (SSSR count). The second-order valence-corrected chi connectivity index (χ2v) is 6.68. The molecular formula is C16H27N3O2. The van der Waals surface area contributed by atoms with Crippen LogP contribution in [0.5, 0.6) is 0 Å². The third-order valence-corrected chi connectivity index (χ3v) is 5.26. The minimum absolute atomic E-state index is 0.0580. The van der Waals surface area contributed by atoms with Gasteiger partial charge >= 0.3 is 0 Å². The van der Waals surface area contributed by atoms with E-state index >= 15 is 0 Å². The summed E-state index contributed by atoms with van der Waals surface area (Å²) in [6, 6.07) is -0.310. The van der Waals surface area contributed by atoms with Gasteiger partial charge in [0.1, 0.15) is 12.1 Å². The molecule has 1 saturated carbocycles. The molecule has 21 heavy (non-hydrogen) atoms. The maximum absolute atomic E-state index is 12.9. The minimum atomic E-state index is -0.269. The Kier molecular flexibility index (Phi) is 4.20. The van der Waals surface area contributed by atoms with E-state index in [1.54, 1.807) is 0 Å². The highest BCUT2D eigenvalue weighted by Crippen LogP contribution is 2.36. The Morgan fingerprint density at radius 2 is 1.95 bits per heavy atom. The molecule has 3 aliphatic rings. The number of likely N-dealkylation sites (N-methyl/N-ethyl adjacent to an activating group) is 1. The molecule has 1 N–H and O–H groups in total. The molecule has 3 fully saturated rings. The SMILES string of the molecule is CCC1C(=O)NC(C2CC2)C(=O)N1C1CCCN(CC)C1. The van der Waals surface area contributed by atoms with Crippen LogP contribution >= 0.6 is 0 Å². The molecule has 2 amide bonds. The van der Waals surface area contributed by atoms with Crippen LogP contribution in [-0.2, 0) is 9.59 Å². The number of amides is 2. The van der Waals surface area contributed by atoms with Gasteiger partial charge in [-0.3, -0.25) is 9.59 Å². The highest BCUT2D eigenvalue weighted by molar-refractivity contribution is 5.97. The van der Waals surface area contributed by atoms with E-state index in [9.17, 15) is 9.59 Å². The molecule has 118 valence electrons. The lowest BCUT2D eigenvalue weighted by atomic mass is 9.95. The minimum Gasteiger partial charge on any atom is -0.342 e. The molecule has 1 aliphatic carbocycles. The van der Waals surface area contributed by atoms with E-state index in [2.05, 4.69) is 17.1 Å². The summed E-state index contributed by atoms with van der Waals surface area (Å²) in [4.78, 5) is 29.7. The molecule has 0 bridgehead atoms. The molecule has 2 saturated heterocycles. The molecule has 3 unspecified atom stereocenters. The number of rotatable bonds is 4. The van der Waals surface area contributed by atoms with Crippen molar-refractivity contribution < 1.29 is 9.59 Å². The standard InChI is InChI=1S/C16H27N3O2/c1-3-13-15(20)17-14(11-7-8-11)16(21)19(13)12-6-5-9-18(4-2)10-12/h11-14H,3-10H2,1-2H3,(H,17,20). The van der Waals surface area contributed by atoms with Crippen molar-refractivity contribution in [1.82, 2.24) is 15.1 Å². The van der Waals surface area contributed by atoms with Crippen LogP contribution in [0, 0.1) is 5.92 Å². The Morgan fingerprint density at radius 1 is 1.19 bits per heavy atom. The Morgan fingerprint density at radius 3 is 2.57 bits per heavy atom. The van der Waals surface area contributed by atoms with Gasteiger partial charge in [-0.25, -0.2) is 0 Å². The monoisotopic (exact) mass is 293 g/mol. The van der Waals surface area contributed by atoms with Gasteiger partial charge in [0.25, 0.3) is 0 Å². The van der Waals surface area contributed by atoms with Crippen LogP contribution in [0.25, 0.3) is 0 Å². The third kappa shape index (κ3) is 2.80. The summed E-state index contributed by atoms with van der Waals surface area (Å²) in [5, 5.41) is 2.98. The largest absolute Gasteiger partial charge is 0.342 e. The lowest BCUT2D eigenvalue weighted by molar-refractivity contribution is -0.154. The summed E-state index contributed by atoms with van der Waals surface area (Å²) in [7, 11) is 0. The Labute approximate surface area is 127 Å². The molecule has 5 heteroatoms. The maximum Gasteiger partial charge on any atom is 0.246 e. The highest BCUT2D eigenvalue weighted by atomic mass is 16.2. The fourth-order valence-electron chi connectivity index (χ4n) is 3.86. The first kappa shape index (κ1) is 14.8. The zero-order valence-corrected chi connectivity index (χ0v) is 13.2. The van der Waals surface area contributed by atoms with Crippen LogP contribution in [0.15, 0.2) is 0 Å². The van der Waals surface area contributed by atoms with Gasteiger partial charge in [0.2, 0.25) is 11.8 Å². The van der Waals surface area contributed by atoms with E-state index in [-0.39, 0.29) is 29.9 Å². The van der Waals surface area contributed by atoms with E-state index in [1.165, 1.54) is 0 Å². The van der Waals surface area contributed by atoms with Crippen molar-refractivity contribution in [2.45, 2.75) is 64.1 Å². The van der Waals surface area contributed by atoms with Crippen molar-refractivity contribution >= 4 is 11.8 Å². The highest BCUT2D eigenvalue weighted by Gasteiger charge is 2.48. The van der Waals surface area contributed by atoms with Crippen molar-refractivity contribution in [3.05, 3.63) is 0 Å². The van der Waals surface area contributed by atoms with Crippen LogP contribution in [0.4, 0.5) is 0 Å². The topological polar surface area (TPSA) is 52.7 Å². The van der Waals surface area contributed by atoms with E-state index in [4.69, 9.17) is 0 Å². The van der Waals surface area contributed by atoms with Crippen LogP contribution in [0.2, 0.25) is 0 Å². The van der Waals surface area contributed by atoms with Gasteiger partial charge in [-0.1, -0.05) is 13.8 Å². The lowest BCUT2D eigenvalue weighted by Crippen LogP contribution is -2.67. The molecule has 0 spiro atoms. The van der Waals surface area contributed by atoms with Gasteiger partial charge in [-0.05, 0) is 51.1 Å². The first-order valence-electron chi connectivity index (χ1n) is 8.50. The fourth-order valence-corrected chi connectivity index (χ4v) is 3.86. The average molecular weight is 293 g/mol. The Hall–Kier alpha value is -1.10. The maximum atomic E-state index is 12.9. The first-order valence-corrected chi connectivity index (χ1v) is 8.50. The molecular weight excluding hydrogens is 266 g/mol. The van der Waals surface area contributed by atoms with Crippen molar-refractivity contribution in [1.29, 1.82) is 0 Å². The van der Waals surface area contributed by atoms with E-state index in [0.29, 0.717) is 12.3 Å². The van der Waals surface area contributed by atoms with Crippen molar-refractivity contribution in [3.8, 4) is 0 Å². The van der Waals surface area contributed by atoms with E-state index in [1.807, 2.05) is 11.8 Å². The fraction of sp³-hybridized carbons (Fsp3) is 0.875. The molecule has 2 heterocycles. The number of likely N-dealkylation sites (tertiary alicyclic amines) is 1. The number of piperazine rings is 1. The molecule has 2 aliphatic heterocycles. The predicted molar refractivity (Wildman–Crippen MR) is 80.7 cm³/mol.